The molecule has 13 heteroatoms. The molecule has 1 spiro atoms. The van der Waals surface area contributed by atoms with Crippen LogP contribution in [0.5, 0.6) is 5.75 Å². The van der Waals surface area contributed by atoms with Gasteiger partial charge in [0.15, 0.2) is 6.73 Å². The number of morpholine rings is 1. The van der Waals surface area contributed by atoms with E-state index in [2.05, 4.69) is 11.8 Å². The van der Waals surface area contributed by atoms with Gasteiger partial charge >= 0.3 is 5.97 Å². The average molecular weight is 699 g/mol. The van der Waals surface area contributed by atoms with Crippen molar-refractivity contribution in [1.82, 2.24) is 4.90 Å². The number of fused-ring (bicyclic) bond motifs is 3. The first-order valence-electron chi connectivity index (χ1n) is 16.1. The number of ether oxygens (including phenoxy) is 4. The fraction of sp³-hybridized carbons (Fsp3) is 0.429. The number of anilines is 2. The van der Waals surface area contributed by atoms with Gasteiger partial charge in [-0.1, -0.05) is 48.3 Å². The minimum Gasteiger partial charge on any atom is -0.478 e. The second-order valence-electron chi connectivity index (χ2n) is 13.3. The third-order valence-electron chi connectivity index (χ3n) is 9.97. The Kier molecular flexibility index (Phi) is 7.95. The molecule has 2 atom stereocenters. The highest BCUT2D eigenvalue weighted by molar-refractivity contribution is 6.40. The molecule has 4 saturated heterocycles. The van der Waals surface area contributed by atoms with Crippen LogP contribution in [0.15, 0.2) is 42.5 Å². The second kappa shape index (κ2) is 12.1. The van der Waals surface area contributed by atoms with Crippen LogP contribution in [0.25, 0.3) is 11.1 Å². The summed E-state index contributed by atoms with van der Waals surface area (Å²) in [4.78, 5) is 31.6. The lowest BCUT2D eigenvalue weighted by Gasteiger charge is -2.52. The van der Waals surface area contributed by atoms with Gasteiger partial charge in [-0.2, -0.15) is 0 Å². The summed E-state index contributed by atoms with van der Waals surface area (Å²) in [6.07, 6.45) is 1.76. The molecule has 1 N–H and O–H groups in total. The number of hydrogen-bond acceptors (Lipinski definition) is 8. The van der Waals surface area contributed by atoms with Crippen LogP contribution >= 0.6 is 23.2 Å². The SMILES string of the molecule is CC1COC2(CN(c3cc(Cl)c(C(=O)N4COc5c(cccc5-c5cc(N6C7CCC6COC7)c(C(=O)O)cc5F)C4)c(Cl)c3)C2)OC1. The lowest BCUT2D eigenvalue weighted by molar-refractivity contribution is -0.290. The Balaban J connectivity index is 1.04. The first-order valence-corrected chi connectivity index (χ1v) is 16.9. The van der Waals surface area contributed by atoms with Crippen molar-refractivity contribution in [3.05, 3.63) is 75.0 Å². The highest BCUT2D eigenvalue weighted by Crippen LogP contribution is 2.44. The third kappa shape index (κ3) is 5.36. The van der Waals surface area contributed by atoms with Gasteiger partial charge in [0.25, 0.3) is 5.91 Å². The van der Waals surface area contributed by atoms with Crippen molar-refractivity contribution in [3.63, 3.8) is 0 Å². The molecule has 8 rings (SSSR count). The molecule has 2 bridgehead atoms. The van der Waals surface area contributed by atoms with Gasteiger partial charge in [0.05, 0.1) is 85.0 Å². The molecular formula is C35H34Cl2FN3O7. The van der Waals surface area contributed by atoms with E-state index >= 15 is 4.39 Å². The number of para-hydroxylation sites is 1. The molecule has 2 unspecified atom stereocenters. The highest BCUT2D eigenvalue weighted by atomic mass is 35.5. The molecule has 1 amide bonds. The fourth-order valence-corrected chi connectivity index (χ4v) is 8.11. The summed E-state index contributed by atoms with van der Waals surface area (Å²) in [7, 11) is 0. The largest absolute Gasteiger partial charge is 0.478 e. The number of carboxylic acids is 1. The van der Waals surface area contributed by atoms with Crippen molar-refractivity contribution in [2.24, 2.45) is 5.92 Å². The zero-order valence-electron chi connectivity index (χ0n) is 26.2. The Morgan fingerprint density at radius 2 is 1.65 bits per heavy atom. The Bertz CT molecular complexity index is 1770. The maximum Gasteiger partial charge on any atom is 0.337 e. The first kappa shape index (κ1) is 31.6. The molecule has 252 valence electrons. The molecule has 0 radical (unpaired) electrons. The van der Waals surface area contributed by atoms with Gasteiger partial charge in [-0.25, -0.2) is 9.18 Å². The number of carbonyl (C=O) groups is 2. The molecule has 5 aliphatic heterocycles. The van der Waals surface area contributed by atoms with Crippen LogP contribution in [0.4, 0.5) is 15.8 Å². The van der Waals surface area contributed by atoms with E-state index in [9.17, 15) is 14.7 Å². The summed E-state index contributed by atoms with van der Waals surface area (Å²) in [5.41, 5.74) is 2.68. The summed E-state index contributed by atoms with van der Waals surface area (Å²) in [5, 5.41) is 10.4. The van der Waals surface area contributed by atoms with Crippen molar-refractivity contribution in [1.29, 1.82) is 0 Å². The zero-order chi connectivity index (χ0) is 33.3. The predicted molar refractivity (Wildman–Crippen MR) is 177 cm³/mol. The van der Waals surface area contributed by atoms with Gasteiger partial charge in [0.1, 0.15) is 11.6 Å². The van der Waals surface area contributed by atoms with Gasteiger partial charge in [-0.05, 0) is 37.1 Å². The quantitative estimate of drug-likeness (QED) is 0.341. The number of aromatic carboxylic acids is 1. The molecule has 5 heterocycles. The normalized spacial score (nSPS) is 23.1. The number of rotatable bonds is 5. The Morgan fingerprint density at radius 1 is 0.958 bits per heavy atom. The molecule has 0 aromatic heterocycles. The van der Waals surface area contributed by atoms with Crippen LogP contribution in [0.2, 0.25) is 10.0 Å². The zero-order valence-corrected chi connectivity index (χ0v) is 27.7. The third-order valence-corrected chi connectivity index (χ3v) is 10.6. The van der Waals surface area contributed by atoms with Crippen molar-refractivity contribution in [3.8, 4) is 16.9 Å². The van der Waals surface area contributed by atoms with Crippen LogP contribution in [0.1, 0.15) is 46.0 Å². The number of nitrogens with zero attached hydrogens (tertiary/aromatic N) is 3. The van der Waals surface area contributed by atoms with Crippen molar-refractivity contribution in [2.45, 2.75) is 44.2 Å². The van der Waals surface area contributed by atoms with E-state index in [0.29, 0.717) is 68.0 Å². The van der Waals surface area contributed by atoms with Crippen LogP contribution < -0.4 is 14.5 Å². The highest BCUT2D eigenvalue weighted by Gasteiger charge is 2.48. The number of hydrogen-bond donors (Lipinski definition) is 1. The smallest absolute Gasteiger partial charge is 0.337 e. The van der Waals surface area contributed by atoms with Gasteiger partial charge in [0, 0.05) is 28.3 Å². The number of benzene rings is 3. The van der Waals surface area contributed by atoms with Crippen LogP contribution in [0, 0.1) is 11.7 Å². The predicted octanol–water partition coefficient (Wildman–Crippen LogP) is 6.06. The summed E-state index contributed by atoms with van der Waals surface area (Å²) < 4.78 is 39.4. The minimum absolute atomic E-state index is 0.0276. The van der Waals surface area contributed by atoms with Gasteiger partial charge in [0.2, 0.25) is 5.79 Å². The number of carboxylic acid groups (broad SMARTS) is 1. The maximum absolute atomic E-state index is 15.7. The van der Waals surface area contributed by atoms with Crippen molar-refractivity contribution >= 4 is 46.5 Å². The molecule has 48 heavy (non-hydrogen) atoms. The summed E-state index contributed by atoms with van der Waals surface area (Å²) in [6, 6.07) is 11.5. The molecule has 5 aliphatic rings. The average Bonchev–Trinajstić information content (AvgIpc) is 3.29. The van der Waals surface area contributed by atoms with Crippen LogP contribution in [-0.2, 0) is 20.8 Å². The maximum atomic E-state index is 15.7. The minimum atomic E-state index is -1.19. The van der Waals surface area contributed by atoms with E-state index in [4.69, 9.17) is 42.1 Å². The Labute approximate surface area is 286 Å². The van der Waals surface area contributed by atoms with E-state index in [1.165, 1.54) is 4.90 Å². The molecule has 3 aromatic carbocycles. The van der Waals surface area contributed by atoms with E-state index in [1.54, 1.807) is 30.3 Å². The van der Waals surface area contributed by atoms with Crippen LogP contribution in [-0.4, -0.2) is 86.0 Å². The number of carbonyl (C=O) groups excluding carboxylic acids is 1. The second-order valence-corrected chi connectivity index (χ2v) is 14.1. The molecule has 0 saturated carbocycles. The van der Waals surface area contributed by atoms with Gasteiger partial charge < -0.3 is 38.8 Å². The van der Waals surface area contributed by atoms with E-state index in [0.717, 1.165) is 24.6 Å². The molecule has 0 aliphatic carbocycles. The Morgan fingerprint density at radius 3 is 2.31 bits per heavy atom. The number of amides is 1. The van der Waals surface area contributed by atoms with Crippen LogP contribution in [0.3, 0.4) is 0 Å². The lowest BCUT2D eigenvalue weighted by Crippen LogP contribution is -2.67. The van der Waals surface area contributed by atoms with Gasteiger partial charge in [-0.3, -0.25) is 4.79 Å². The summed E-state index contributed by atoms with van der Waals surface area (Å²) in [5.74, 6) is -2.10. The molecule has 3 aromatic rings. The topological polar surface area (TPSA) is 101 Å². The molecule has 4 fully saturated rings. The monoisotopic (exact) mass is 697 g/mol. The molecule has 10 nitrogen and oxygen atoms in total. The fourth-order valence-electron chi connectivity index (χ4n) is 7.47. The summed E-state index contributed by atoms with van der Waals surface area (Å²) >= 11 is 13.3. The molecular weight excluding hydrogens is 664 g/mol. The van der Waals surface area contributed by atoms with Crippen molar-refractivity contribution < 1.29 is 38.0 Å². The number of halogens is 3. The summed E-state index contributed by atoms with van der Waals surface area (Å²) in [6.45, 7) is 5.49. The van der Waals surface area contributed by atoms with Crippen molar-refractivity contribution in [2.75, 3.05) is 56.0 Å². The van der Waals surface area contributed by atoms with E-state index in [-0.39, 0.29) is 52.1 Å². The van der Waals surface area contributed by atoms with E-state index in [1.807, 2.05) is 11.0 Å². The van der Waals surface area contributed by atoms with Gasteiger partial charge in [-0.15, -0.1) is 0 Å². The van der Waals surface area contributed by atoms with E-state index < -0.39 is 23.5 Å². The Hall–Kier alpha value is -3.61. The first-order chi connectivity index (χ1) is 23.1. The standard InChI is InChI=1S/C35H34Cl2FN3O7/c1-19-12-47-35(48-13-19)16-40(17-35)23-7-27(36)31(28(37)8-23)33(42)39-11-20-3-2-4-24(32(20)46-18-39)25-10-30(26(34(43)44)9-29(25)38)41-21-5-6-22(41)15-45-14-21/h2-4,7-10,19,21-22H,5-6,11-18H2,1H3,(H,43,44). The lowest BCUT2D eigenvalue weighted by atomic mass is 9.96.